The standard InChI is InChI=1S/C22H13BrF2N2O/c23-15-7-11-17(12-8-15)27-21(18-3-1-2-4-19(18)25)26-20(22(27)28)13-14-5-9-16(24)10-6-14/h1-13H/b20-13+. The second kappa shape index (κ2) is 7.48. The van der Waals surface area contributed by atoms with Gasteiger partial charge in [0.25, 0.3) is 5.91 Å². The molecule has 0 saturated heterocycles. The van der Waals surface area contributed by atoms with E-state index in [2.05, 4.69) is 20.9 Å². The summed E-state index contributed by atoms with van der Waals surface area (Å²) in [4.78, 5) is 18.9. The molecule has 4 rings (SSSR count). The van der Waals surface area contributed by atoms with Gasteiger partial charge in [0.15, 0.2) is 5.84 Å². The van der Waals surface area contributed by atoms with Gasteiger partial charge in [0.05, 0.1) is 11.3 Å². The van der Waals surface area contributed by atoms with Crippen molar-refractivity contribution in [2.75, 3.05) is 4.90 Å². The third kappa shape index (κ3) is 3.51. The van der Waals surface area contributed by atoms with Crippen LogP contribution in [-0.2, 0) is 4.79 Å². The molecule has 0 aliphatic carbocycles. The number of hydrogen-bond donors (Lipinski definition) is 0. The molecule has 28 heavy (non-hydrogen) atoms. The Bertz CT molecular complexity index is 1110. The highest BCUT2D eigenvalue weighted by Crippen LogP contribution is 2.29. The van der Waals surface area contributed by atoms with Crippen molar-refractivity contribution < 1.29 is 13.6 Å². The van der Waals surface area contributed by atoms with Gasteiger partial charge in [-0.1, -0.05) is 40.2 Å². The topological polar surface area (TPSA) is 32.7 Å². The molecule has 3 nitrogen and oxygen atoms in total. The molecule has 3 aromatic rings. The fraction of sp³-hybridized carbons (Fsp3) is 0. The summed E-state index contributed by atoms with van der Waals surface area (Å²) in [5, 5.41) is 0. The summed E-state index contributed by atoms with van der Waals surface area (Å²) in [5.41, 5.74) is 1.56. The Morgan fingerprint density at radius 1 is 0.893 bits per heavy atom. The van der Waals surface area contributed by atoms with Crippen LogP contribution in [0.25, 0.3) is 6.08 Å². The number of anilines is 1. The molecule has 0 radical (unpaired) electrons. The average molecular weight is 439 g/mol. The minimum absolute atomic E-state index is 0.146. The van der Waals surface area contributed by atoms with E-state index in [-0.39, 0.29) is 28.8 Å². The number of nitrogens with zero attached hydrogens (tertiary/aromatic N) is 2. The molecule has 1 heterocycles. The number of rotatable bonds is 3. The smallest absolute Gasteiger partial charge is 0.266 e. The van der Waals surface area contributed by atoms with Gasteiger partial charge < -0.3 is 0 Å². The van der Waals surface area contributed by atoms with Crippen molar-refractivity contribution in [3.63, 3.8) is 0 Å². The molecule has 0 fully saturated rings. The van der Waals surface area contributed by atoms with E-state index in [0.29, 0.717) is 11.3 Å². The monoisotopic (exact) mass is 438 g/mol. The highest BCUT2D eigenvalue weighted by atomic mass is 79.9. The number of amides is 1. The zero-order chi connectivity index (χ0) is 19.7. The lowest BCUT2D eigenvalue weighted by atomic mass is 10.1. The lowest BCUT2D eigenvalue weighted by Gasteiger charge is -2.19. The first-order chi connectivity index (χ1) is 13.5. The minimum Gasteiger partial charge on any atom is -0.266 e. The van der Waals surface area contributed by atoms with Crippen molar-refractivity contribution in [3.05, 3.63) is 106 Å². The van der Waals surface area contributed by atoms with Crippen LogP contribution in [0.1, 0.15) is 11.1 Å². The van der Waals surface area contributed by atoms with Gasteiger partial charge in [-0.3, -0.25) is 9.69 Å². The van der Waals surface area contributed by atoms with E-state index < -0.39 is 5.82 Å². The number of hydrogen-bond acceptors (Lipinski definition) is 2. The first kappa shape index (κ1) is 18.3. The quantitative estimate of drug-likeness (QED) is 0.492. The molecule has 0 spiro atoms. The average Bonchev–Trinajstić information content (AvgIpc) is 3.01. The van der Waals surface area contributed by atoms with E-state index in [1.54, 1.807) is 60.7 Å². The number of aliphatic imine (C=N–C) groups is 1. The number of carbonyl (C=O) groups is 1. The lowest BCUT2D eigenvalue weighted by molar-refractivity contribution is -0.113. The SMILES string of the molecule is O=C1/C(=C\c2ccc(F)cc2)N=C(c2ccccc2F)N1c1ccc(Br)cc1. The van der Waals surface area contributed by atoms with Crippen LogP contribution in [0.3, 0.4) is 0 Å². The molecule has 1 aliphatic heterocycles. The molecule has 1 aliphatic rings. The first-order valence-electron chi connectivity index (χ1n) is 8.44. The van der Waals surface area contributed by atoms with Crippen LogP contribution in [0, 0.1) is 11.6 Å². The van der Waals surface area contributed by atoms with Gasteiger partial charge in [-0.2, -0.15) is 0 Å². The maximum absolute atomic E-state index is 14.4. The largest absolute Gasteiger partial charge is 0.282 e. The second-order valence-electron chi connectivity index (χ2n) is 6.11. The van der Waals surface area contributed by atoms with E-state index in [1.165, 1.54) is 23.1 Å². The minimum atomic E-state index is -0.473. The van der Waals surface area contributed by atoms with Gasteiger partial charge in [0.1, 0.15) is 17.3 Å². The lowest BCUT2D eigenvalue weighted by Crippen LogP contribution is -2.33. The summed E-state index contributed by atoms with van der Waals surface area (Å²) in [7, 11) is 0. The predicted octanol–water partition coefficient (Wildman–Crippen LogP) is 5.56. The van der Waals surface area contributed by atoms with Crippen LogP contribution in [0.4, 0.5) is 14.5 Å². The summed E-state index contributed by atoms with van der Waals surface area (Å²) < 4.78 is 28.4. The van der Waals surface area contributed by atoms with Gasteiger partial charge in [-0.15, -0.1) is 0 Å². The van der Waals surface area contributed by atoms with E-state index in [0.717, 1.165) is 4.47 Å². The summed E-state index contributed by atoms with van der Waals surface area (Å²) >= 11 is 3.37. The van der Waals surface area contributed by atoms with Crippen LogP contribution < -0.4 is 4.90 Å². The Hall–Kier alpha value is -3.12. The molecule has 6 heteroatoms. The maximum Gasteiger partial charge on any atom is 0.282 e. The van der Waals surface area contributed by atoms with Crippen LogP contribution in [0.5, 0.6) is 0 Å². The van der Waals surface area contributed by atoms with E-state index >= 15 is 0 Å². The van der Waals surface area contributed by atoms with Crippen LogP contribution in [0.2, 0.25) is 0 Å². The Balaban J connectivity index is 1.84. The second-order valence-corrected chi connectivity index (χ2v) is 7.03. The molecule has 1 amide bonds. The molecule has 0 saturated carbocycles. The Kier molecular flexibility index (Phi) is 4.88. The van der Waals surface area contributed by atoms with E-state index in [9.17, 15) is 13.6 Å². The molecule has 0 bridgehead atoms. The molecule has 0 atom stereocenters. The van der Waals surface area contributed by atoms with Gasteiger partial charge in [-0.05, 0) is 60.2 Å². The maximum atomic E-state index is 14.4. The highest BCUT2D eigenvalue weighted by Gasteiger charge is 2.33. The molecule has 3 aromatic carbocycles. The van der Waals surface area contributed by atoms with Crippen molar-refractivity contribution in [2.45, 2.75) is 0 Å². The van der Waals surface area contributed by atoms with Gasteiger partial charge in [-0.25, -0.2) is 13.8 Å². The van der Waals surface area contributed by atoms with Gasteiger partial charge >= 0.3 is 0 Å². The van der Waals surface area contributed by atoms with Gasteiger partial charge in [0, 0.05) is 4.47 Å². The van der Waals surface area contributed by atoms with Crippen LogP contribution in [0.15, 0.2) is 88.0 Å². The van der Waals surface area contributed by atoms with Crippen molar-refractivity contribution in [2.24, 2.45) is 4.99 Å². The van der Waals surface area contributed by atoms with Gasteiger partial charge in [0.2, 0.25) is 0 Å². The fourth-order valence-electron chi connectivity index (χ4n) is 2.89. The summed E-state index contributed by atoms with van der Waals surface area (Å²) in [6.07, 6.45) is 1.56. The summed E-state index contributed by atoms with van der Waals surface area (Å²) in [6, 6.07) is 19.0. The van der Waals surface area contributed by atoms with E-state index in [4.69, 9.17) is 0 Å². The molecular weight excluding hydrogens is 426 g/mol. The number of benzene rings is 3. The van der Waals surface area contributed by atoms with Crippen molar-refractivity contribution >= 4 is 39.4 Å². The molecular formula is C22H13BrF2N2O. The van der Waals surface area contributed by atoms with Crippen molar-refractivity contribution in [1.82, 2.24) is 0 Å². The molecule has 138 valence electrons. The number of halogens is 3. The third-order valence-electron chi connectivity index (χ3n) is 4.23. The Morgan fingerprint density at radius 3 is 2.25 bits per heavy atom. The zero-order valence-electron chi connectivity index (χ0n) is 14.4. The summed E-state index contributed by atoms with van der Waals surface area (Å²) in [6.45, 7) is 0. The zero-order valence-corrected chi connectivity index (χ0v) is 16.0. The van der Waals surface area contributed by atoms with E-state index in [1.807, 2.05) is 0 Å². The Labute approximate surface area is 168 Å². The van der Waals surface area contributed by atoms with Crippen LogP contribution >= 0.6 is 15.9 Å². The number of carbonyl (C=O) groups excluding carboxylic acids is 1. The first-order valence-corrected chi connectivity index (χ1v) is 9.23. The molecule has 0 unspecified atom stereocenters. The Morgan fingerprint density at radius 2 is 1.57 bits per heavy atom. The van der Waals surface area contributed by atoms with Crippen LogP contribution in [-0.4, -0.2) is 11.7 Å². The highest BCUT2D eigenvalue weighted by molar-refractivity contribution is 9.10. The normalized spacial score (nSPS) is 15.2. The van der Waals surface area contributed by atoms with Crippen molar-refractivity contribution in [3.8, 4) is 0 Å². The summed E-state index contributed by atoms with van der Waals surface area (Å²) in [5.74, 6) is -1.02. The number of amidine groups is 1. The molecule has 0 aromatic heterocycles. The predicted molar refractivity (Wildman–Crippen MR) is 109 cm³/mol. The molecule has 0 N–H and O–H groups in total. The van der Waals surface area contributed by atoms with Crippen molar-refractivity contribution in [1.29, 1.82) is 0 Å². The third-order valence-corrected chi connectivity index (χ3v) is 4.76. The fourth-order valence-corrected chi connectivity index (χ4v) is 3.15.